The van der Waals surface area contributed by atoms with Crippen molar-refractivity contribution in [3.8, 4) is 0 Å². The molecule has 2 heterocycles. The van der Waals surface area contributed by atoms with E-state index in [1.165, 1.54) is 6.20 Å². The van der Waals surface area contributed by atoms with Crippen molar-refractivity contribution in [3.05, 3.63) is 62.5 Å². The Balaban J connectivity index is 1.33. The van der Waals surface area contributed by atoms with E-state index in [1.807, 2.05) is 20.8 Å². The largest absolute Gasteiger partial charge is 0.379 e. The van der Waals surface area contributed by atoms with Gasteiger partial charge in [0.15, 0.2) is 0 Å². The van der Waals surface area contributed by atoms with Crippen molar-refractivity contribution in [1.29, 1.82) is 0 Å². The third kappa shape index (κ3) is 6.43. The number of hydrogen-bond donors (Lipinski definition) is 4. The van der Waals surface area contributed by atoms with Gasteiger partial charge in [-0.3, -0.25) is 19.3 Å². The molecule has 1 saturated heterocycles. The van der Waals surface area contributed by atoms with Gasteiger partial charge in [-0.15, -0.1) is 0 Å². The monoisotopic (exact) mass is 493 g/mol. The maximum absolute atomic E-state index is 12.4. The molecule has 0 unspecified atom stereocenters. The van der Waals surface area contributed by atoms with Gasteiger partial charge in [0.25, 0.3) is 16.8 Å². The Morgan fingerprint density at radius 3 is 2.39 bits per heavy atom. The Labute approximate surface area is 209 Å². The second-order valence-corrected chi connectivity index (χ2v) is 9.59. The number of amides is 1. The van der Waals surface area contributed by atoms with E-state index in [9.17, 15) is 14.4 Å². The predicted molar refractivity (Wildman–Crippen MR) is 139 cm³/mol. The molecule has 190 valence electrons. The molecule has 3 aromatic rings. The van der Waals surface area contributed by atoms with Crippen molar-refractivity contribution in [3.63, 3.8) is 0 Å². The minimum Gasteiger partial charge on any atom is -0.379 e. The number of aromatic nitrogens is 2. The van der Waals surface area contributed by atoms with Gasteiger partial charge in [0, 0.05) is 49.2 Å². The number of morpholine rings is 1. The summed E-state index contributed by atoms with van der Waals surface area (Å²) in [5.74, 6) is 0.532. The molecule has 4 rings (SSSR count). The molecule has 4 N–H and O–H groups in total. The van der Waals surface area contributed by atoms with E-state index >= 15 is 0 Å². The van der Waals surface area contributed by atoms with Crippen molar-refractivity contribution in [2.24, 2.45) is 0 Å². The van der Waals surface area contributed by atoms with Crippen LogP contribution in [0, 0.1) is 0 Å². The molecule has 36 heavy (non-hydrogen) atoms. The fourth-order valence-electron chi connectivity index (χ4n) is 3.71. The molecule has 0 spiro atoms. The minimum atomic E-state index is -0.589. The van der Waals surface area contributed by atoms with Crippen LogP contribution in [0.2, 0.25) is 0 Å². The molecule has 0 saturated carbocycles. The van der Waals surface area contributed by atoms with E-state index in [4.69, 9.17) is 4.74 Å². The summed E-state index contributed by atoms with van der Waals surface area (Å²) in [5, 5.41) is 12.0. The number of nitrogens with one attached hydrogen (secondary N) is 4. The van der Waals surface area contributed by atoms with Crippen molar-refractivity contribution >= 4 is 34.7 Å². The zero-order chi connectivity index (χ0) is 25.7. The van der Waals surface area contributed by atoms with Crippen molar-refractivity contribution in [2.75, 3.05) is 55.3 Å². The van der Waals surface area contributed by atoms with Crippen LogP contribution in [-0.2, 0) is 4.74 Å². The zero-order valence-corrected chi connectivity index (χ0v) is 20.7. The fourth-order valence-corrected chi connectivity index (χ4v) is 3.71. The van der Waals surface area contributed by atoms with Gasteiger partial charge in [-0.1, -0.05) is 0 Å². The summed E-state index contributed by atoms with van der Waals surface area (Å²) in [6.07, 6.45) is 1.54. The summed E-state index contributed by atoms with van der Waals surface area (Å²) in [4.78, 5) is 47.3. The van der Waals surface area contributed by atoms with Crippen LogP contribution in [-0.4, -0.2) is 65.7 Å². The standard InChI is InChI=1S/C25H31N7O4/c1-25(2,3)31-20-19(21(33)22(20)34)29-18-8-9-27-24(30-18)28-17-6-4-16(5-7-17)23(35)26-10-11-32-12-14-36-15-13-32/h4-9,31H,10-15H2,1-3H3,(H,26,35)(H2,27,28,29,30). The quantitative estimate of drug-likeness (QED) is 0.327. The number of carbonyl (C=O) groups excluding carboxylic acids is 1. The number of nitrogens with zero attached hydrogens (tertiary/aromatic N) is 3. The highest BCUT2D eigenvalue weighted by atomic mass is 16.5. The highest BCUT2D eigenvalue weighted by molar-refractivity contribution is 5.94. The normalized spacial score (nSPS) is 14.4. The van der Waals surface area contributed by atoms with Gasteiger partial charge in [-0.05, 0) is 51.1 Å². The predicted octanol–water partition coefficient (Wildman–Crippen LogP) is 1.83. The van der Waals surface area contributed by atoms with E-state index in [-0.39, 0.29) is 22.8 Å². The van der Waals surface area contributed by atoms with Crippen LogP contribution in [0.3, 0.4) is 0 Å². The average molecular weight is 494 g/mol. The lowest BCUT2D eigenvalue weighted by Crippen LogP contribution is -2.41. The van der Waals surface area contributed by atoms with E-state index < -0.39 is 10.9 Å². The van der Waals surface area contributed by atoms with Crippen molar-refractivity contribution in [2.45, 2.75) is 26.3 Å². The van der Waals surface area contributed by atoms with Crippen LogP contribution in [0.4, 0.5) is 28.8 Å². The number of benzene rings is 1. The molecule has 1 amide bonds. The molecule has 0 atom stereocenters. The van der Waals surface area contributed by atoms with E-state index in [0.717, 1.165) is 32.8 Å². The topological polar surface area (TPSA) is 138 Å². The molecule has 0 bridgehead atoms. The van der Waals surface area contributed by atoms with Crippen LogP contribution >= 0.6 is 0 Å². The summed E-state index contributed by atoms with van der Waals surface area (Å²) in [5.41, 5.74) is 0.170. The summed E-state index contributed by atoms with van der Waals surface area (Å²) in [7, 11) is 0. The Hall–Kier alpha value is -3.83. The molecule has 0 aliphatic carbocycles. The third-order valence-corrected chi connectivity index (χ3v) is 5.54. The molecular formula is C25H31N7O4. The summed E-state index contributed by atoms with van der Waals surface area (Å²) in [6.45, 7) is 10.3. The molecule has 0 radical (unpaired) electrons. The van der Waals surface area contributed by atoms with Gasteiger partial charge in [-0.2, -0.15) is 4.98 Å². The number of anilines is 5. The highest BCUT2D eigenvalue weighted by Gasteiger charge is 2.25. The Morgan fingerprint density at radius 2 is 1.69 bits per heavy atom. The van der Waals surface area contributed by atoms with Gasteiger partial charge in [0.05, 0.1) is 13.2 Å². The Kier molecular flexibility index (Phi) is 7.61. The van der Waals surface area contributed by atoms with Crippen LogP contribution in [0.25, 0.3) is 0 Å². The lowest BCUT2D eigenvalue weighted by Gasteiger charge is -2.26. The molecule has 1 aromatic heterocycles. The Morgan fingerprint density at radius 1 is 1.00 bits per heavy atom. The first kappa shape index (κ1) is 25.3. The lowest BCUT2D eigenvalue weighted by molar-refractivity contribution is 0.0383. The average Bonchev–Trinajstić information content (AvgIpc) is 2.86. The fraction of sp³-hybridized carbons (Fsp3) is 0.400. The summed E-state index contributed by atoms with van der Waals surface area (Å²) < 4.78 is 5.33. The second-order valence-electron chi connectivity index (χ2n) is 9.59. The highest BCUT2D eigenvalue weighted by Crippen LogP contribution is 2.23. The van der Waals surface area contributed by atoms with Crippen LogP contribution in [0.5, 0.6) is 0 Å². The zero-order valence-electron chi connectivity index (χ0n) is 20.7. The van der Waals surface area contributed by atoms with E-state index in [0.29, 0.717) is 29.6 Å². The van der Waals surface area contributed by atoms with Crippen molar-refractivity contribution in [1.82, 2.24) is 20.2 Å². The van der Waals surface area contributed by atoms with Crippen LogP contribution in [0.1, 0.15) is 31.1 Å². The van der Waals surface area contributed by atoms with Gasteiger partial charge in [0.1, 0.15) is 17.2 Å². The second kappa shape index (κ2) is 10.8. The molecular weight excluding hydrogens is 462 g/mol. The first-order valence-electron chi connectivity index (χ1n) is 11.9. The third-order valence-electron chi connectivity index (χ3n) is 5.54. The van der Waals surface area contributed by atoms with Crippen LogP contribution < -0.4 is 32.1 Å². The number of rotatable bonds is 9. The maximum atomic E-state index is 12.4. The SMILES string of the molecule is CC(C)(C)Nc1c(Nc2ccnc(Nc3ccc(C(=O)NCCN4CCOCC4)cc3)n2)c(=O)c1=O. The Bertz CT molecular complexity index is 1270. The molecule has 11 heteroatoms. The summed E-state index contributed by atoms with van der Waals surface area (Å²) >= 11 is 0. The minimum absolute atomic E-state index is 0.134. The van der Waals surface area contributed by atoms with Gasteiger partial charge >= 0.3 is 0 Å². The van der Waals surface area contributed by atoms with E-state index in [1.54, 1.807) is 30.3 Å². The molecule has 1 aliphatic rings. The van der Waals surface area contributed by atoms with Crippen molar-refractivity contribution < 1.29 is 9.53 Å². The van der Waals surface area contributed by atoms with Gasteiger partial charge in [0.2, 0.25) is 5.95 Å². The number of ether oxygens (including phenoxy) is 1. The first-order valence-corrected chi connectivity index (χ1v) is 11.9. The molecule has 1 fully saturated rings. The first-order chi connectivity index (χ1) is 17.2. The molecule has 1 aliphatic heterocycles. The molecule has 2 aromatic carbocycles. The molecule has 11 nitrogen and oxygen atoms in total. The van der Waals surface area contributed by atoms with E-state index in [2.05, 4.69) is 36.1 Å². The maximum Gasteiger partial charge on any atom is 0.253 e. The van der Waals surface area contributed by atoms with Gasteiger partial charge in [-0.25, -0.2) is 4.98 Å². The smallest absolute Gasteiger partial charge is 0.253 e. The lowest BCUT2D eigenvalue weighted by atomic mass is 10.1. The van der Waals surface area contributed by atoms with Crippen LogP contribution in [0.15, 0.2) is 46.1 Å². The number of hydrogen-bond acceptors (Lipinski definition) is 10. The summed E-state index contributed by atoms with van der Waals surface area (Å²) in [6, 6.07) is 8.59. The number of carbonyl (C=O) groups is 1. The van der Waals surface area contributed by atoms with Gasteiger partial charge < -0.3 is 26.0 Å².